The van der Waals surface area contributed by atoms with Gasteiger partial charge in [-0.1, -0.05) is 13.3 Å². The van der Waals surface area contributed by atoms with Crippen LogP contribution in [0.2, 0.25) is 0 Å². The monoisotopic (exact) mass is 372 g/mol. The van der Waals surface area contributed by atoms with Gasteiger partial charge in [0.25, 0.3) is 16.8 Å². The van der Waals surface area contributed by atoms with E-state index >= 15 is 0 Å². The number of non-ortho nitro benzene ring substituents is 1. The fraction of sp³-hybridized carbons (Fsp3) is 0.222. The van der Waals surface area contributed by atoms with Crippen molar-refractivity contribution in [2.24, 2.45) is 0 Å². The van der Waals surface area contributed by atoms with Crippen LogP contribution < -0.4 is 0 Å². The Balaban J connectivity index is 1.78. The van der Waals surface area contributed by atoms with E-state index in [-0.39, 0.29) is 16.8 Å². The first kappa shape index (κ1) is 17.9. The number of nitro benzene ring substituents is 1. The number of imide groups is 1. The van der Waals surface area contributed by atoms with Gasteiger partial charge in [-0.25, -0.2) is 0 Å². The molecule has 1 aliphatic rings. The van der Waals surface area contributed by atoms with Crippen molar-refractivity contribution < 1.29 is 18.9 Å². The normalized spacial score (nSPS) is 15.9. The SMILES string of the molecule is CCCCN1C(=O)S/C(=C\c2ccc(-c3ccc([N+](=O)[O-])cc3)o2)C1=O. The Kier molecular flexibility index (Phi) is 5.22. The van der Waals surface area contributed by atoms with Crippen LogP contribution in [0.3, 0.4) is 0 Å². The number of nitrogens with zero attached hydrogens (tertiary/aromatic N) is 2. The van der Waals surface area contributed by atoms with Gasteiger partial charge in [-0.05, 0) is 42.4 Å². The highest BCUT2D eigenvalue weighted by Crippen LogP contribution is 2.33. The van der Waals surface area contributed by atoms with E-state index in [0.717, 1.165) is 24.6 Å². The lowest BCUT2D eigenvalue weighted by atomic mass is 10.1. The zero-order valence-electron chi connectivity index (χ0n) is 14.0. The third-order valence-corrected chi connectivity index (χ3v) is 4.78. The second-order valence-corrected chi connectivity index (χ2v) is 6.69. The van der Waals surface area contributed by atoms with Crippen molar-refractivity contribution in [2.45, 2.75) is 19.8 Å². The van der Waals surface area contributed by atoms with Crippen molar-refractivity contribution in [3.63, 3.8) is 0 Å². The Morgan fingerprint density at radius 3 is 2.58 bits per heavy atom. The predicted molar refractivity (Wildman–Crippen MR) is 98.4 cm³/mol. The van der Waals surface area contributed by atoms with E-state index < -0.39 is 4.92 Å². The molecule has 2 aromatic rings. The van der Waals surface area contributed by atoms with E-state index in [9.17, 15) is 19.7 Å². The van der Waals surface area contributed by atoms with Gasteiger partial charge in [0.2, 0.25) is 0 Å². The van der Waals surface area contributed by atoms with E-state index in [4.69, 9.17) is 4.42 Å². The van der Waals surface area contributed by atoms with E-state index in [1.165, 1.54) is 17.0 Å². The topological polar surface area (TPSA) is 93.7 Å². The third kappa shape index (κ3) is 3.70. The predicted octanol–water partition coefficient (Wildman–Crippen LogP) is 4.69. The summed E-state index contributed by atoms with van der Waals surface area (Å²) >= 11 is 0.901. The van der Waals surface area contributed by atoms with Crippen LogP contribution in [0.25, 0.3) is 17.4 Å². The maximum atomic E-state index is 12.3. The summed E-state index contributed by atoms with van der Waals surface area (Å²) < 4.78 is 5.69. The van der Waals surface area contributed by atoms with Crippen molar-refractivity contribution >= 4 is 34.7 Å². The standard InChI is InChI=1S/C18H16N2O5S/c1-2-3-10-19-17(21)16(26-18(19)22)11-14-8-9-15(25-14)12-4-6-13(7-5-12)20(23)24/h4-9,11H,2-3,10H2,1H3/b16-11-. The second kappa shape index (κ2) is 7.57. The molecule has 8 heteroatoms. The Morgan fingerprint density at radius 1 is 1.19 bits per heavy atom. The summed E-state index contributed by atoms with van der Waals surface area (Å²) in [4.78, 5) is 36.1. The number of carbonyl (C=O) groups is 2. The molecule has 1 aromatic carbocycles. The molecule has 0 bridgehead atoms. The minimum atomic E-state index is -0.466. The molecule has 0 saturated carbocycles. The van der Waals surface area contributed by atoms with Gasteiger partial charge in [0.1, 0.15) is 11.5 Å². The first-order valence-electron chi connectivity index (χ1n) is 8.09. The summed E-state index contributed by atoms with van der Waals surface area (Å²) in [7, 11) is 0. The molecule has 7 nitrogen and oxygen atoms in total. The first-order chi connectivity index (χ1) is 12.5. The zero-order valence-corrected chi connectivity index (χ0v) is 14.8. The molecule has 1 aromatic heterocycles. The number of nitro groups is 1. The van der Waals surface area contributed by atoms with E-state index in [1.807, 2.05) is 6.92 Å². The summed E-state index contributed by atoms with van der Waals surface area (Å²) in [6, 6.07) is 9.40. The second-order valence-electron chi connectivity index (χ2n) is 5.69. The molecular weight excluding hydrogens is 356 g/mol. The van der Waals surface area contributed by atoms with Crippen LogP contribution in [0.4, 0.5) is 10.5 Å². The molecule has 0 spiro atoms. The maximum Gasteiger partial charge on any atom is 0.293 e. The number of furan rings is 1. The number of thioether (sulfide) groups is 1. The van der Waals surface area contributed by atoms with Gasteiger partial charge in [-0.15, -0.1) is 0 Å². The average molecular weight is 372 g/mol. The zero-order chi connectivity index (χ0) is 18.7. The van der Waals surface area contributed by atoms with E-state index in [0.29, 0.717) is 28.5 Å². The number of rotatable bonds is 6. The maximum absolute atomic E-state index is 12.3. The molecule has 1 fully saturated rings. The van der Waals surface area contributed by atoms with Gasteiger partial charge < -0.3 is 4.42 Å². The van der Waals surface area contributed by atoms with Gasteiger partial charge in [0.05, 0.1) is 9.83 Å². The average Bonchev–Trinajstić information content (AvgIpc) is 3.19. The van der Waals surface area contributed by atoms with Crippen LogP contribution in [0.5, 0.6) is 0 Å². The largest absolute Gasteiger partial charge is 0.457 e. The van der Waals surface area contributed by atoms with Gasteiger partial charge in [0.15, 0.2) is 0 Å². The lowest BCUT2D eigenvalue weighted by Crippen LogP contribution is -2.29. The van der Waals surface area contributed by atoms with Crippen LogP contribution in [0, 0.1) is 10.1 Å². The fourth-order valence-electron chi connectivity index (χ4n) is 2.47. The number of amides is 2. The Labute approximate surface area is 153 Å². The first-order valence-corrected chi connectivity index (χ1v) is 8.91. The van der Waals surface area contributed by atoms with E-state index in [1.54, 1.807) is 30.3 Å². The van der Waals surface area contributed by atoms with Crippen LogP contribution in [0.1, 0.15) is 25.5 Å². The minimum Gasteiger partial charge on any atom is -0.457 e. The molecule has 0 aliphatic carbocycles. The highest BCUT2D eigenvalue weighted by molar-refractivity contribution is 8.18. The smallest absolute Gasteiger partial charge is 0.293 e. The summed E-state index contributed by atoms with van der Waals surface area (Å²) in [6.07, 6.45) is 3.22. The Hall–Kier alpha value is -2.87. The van der Waals surface area contributed by atoms with Crippen LogP contribution in [-0.2, 0) is 4.79 Å². The van der Waals surface area contributed by atoms with Crippen molar-refractivity contribution in [1.29, 1.82) is 0 Å². The summed E-state index contributed by atoms with van der Waals surface area (Å²) in [5.74, 6) is 0.664. The molecule has 3 rings (SSSR count). The summed E-state index contributed by atoms with van der Waals surface area (Å²) in [6.45, 7) is 2.42. The molecule has 2 amide bonds. The molecule has 0 atom stereocenters. The molecule has 0 N–H and O–H groups in total. The van der Waals surface area contributed by atoms with Gasteiger partial charge in [-0.3, -0.25) is 24.6 Å². The van der Waals surface area contributed by atoms with Crippen LogP contribution in [0.15, 0.2) is 45.7 Å². The van der Waals surface area contributed by atoms with Crippen molar-refractivity contribution in [1.82, 2.24) is 4.90 Å². The fourth-order valence-corrected chi connectivity index (χ4v) is 3.32. The van der Waals surface area contributed by atoms with Gasteiger partial charge in [0, 0.05) is 30.3 Å². The Bertz CT molecular complexity index is 885. The van der Waals surface area contributed by atoms with Crippen LogP contribution >= 0.6 is 11.8 Å². The minimum absolute atomic E-state index is 0.00119. The van der Waals surface area contributed by atoms with Gasteiger partial charge in [-0.2, -0.15) is 0 Å². The molecule has 2 heterocycles. The van der Waals surface area contributed by atoms with Crippen molar-refractivity contribution in [3.05, 3.63) is 57.2 Å². The molecule has 0 radical (unpaired) electrons. The highest BCUT2D eigenvalue weighted by Gasteiger charge is 2.34. The molecular formula is C18H16N2O5S. The molecule has 134 valence electrons. The van der Waals surface area contributed by atoms with Crippen molar-refractivity contribution in [3.8, 4) is 11.3 Å². The molecule has 0 unspecified atom stereocenters. The highest BCUT2D eigenvalue weighted by atomic mass is 32.2. The quantitative estimate of drug-likeness (QED) is 0.415. The van der Waals surface area contributed by atoms with Crippen molar-refractivity contribution in [2.75, 3.05) is 6.54 Å². The number of carbonyl (C=O) groups excluding carboxylic acids is 2. The number of unbranched alkanes of at least 4 members (excludes halogenated alkanes) is 1. The lowest BCUT2D eigenvalue weighted by Gasteiger charge is -2.10. The number of hydrogen-bond acceptors (Lipinski definition) is 6. The lowest BCUT2D eigenvalue weighted by molar-refractivity contribution is -0.384. The number of hydrogen-bond donors (Lipinski definition) is 0. The number of benzene rings is 1. The van der Waals surface area contributed by atoms with Gasteiger partial charge >= 0.3 is 0 Å². The summed E-state index contributed by atoms with van der Waals surface area (Å²) in [5.41, 5.74) is 0.688. The van der Waals surface area contributed by atoms with E-state index in [2.05, 4.69) is 0 Å². The molecule has 26 heavy (non-hydrogen) atoms. The third-order valence-electron chi connectivity index (χ3n) is 3.87. The van der Waals surface area contributed by atoms with Crippen LogP contribution in [-0.4, -0.2) is 27.5 Å². The molecule has 1 aliphatic heterocycles. The molecule has 1 saturated heterocycles. The Morgan fingerprint density at radius 2 is 1.92 bits per heavy atom. The summed E-state index contributed by atoms with van der Waals surface area (Å²) in [5, 5.41) is 10.4.